The molecule has 1 aliphatic rings. The van der Waals surface area contributed by atoms with E-state index >= 15 is 0 Å². The van der Waals surface area contributed by atoms with Gasteiger partial charge in [0.05, 0.1) is 5.92 Å². The molecule has 1 heterocycles. The Bertz CT molecular complexity index is 361. The molecule has 1 rings (SSSR count). The quantitative estimate of drug-likeness (QED) is 0.651. The Balaban J connectivity index is 2.69. The van der Waals surface area contributed by atoms with Gasteiger partial charge in [0.25, 0.3) is 0 Å². The maximum absolute atomic E-state index is 11.6. The molecule has 18 heavy (non-hydrogen) atoms. The molecule has 0 bridgehead atoms. The van der Waals surface area contributed by atoms with Crippen LogP contribution in [0.25, 0.3) is 0 Å². The summed E-state index contributed by atoms with van der Waals surface area (Å²) in [7, 11) is 0. The average molecular weight is 258 g/mol. The minimum absolute atomic E-state index is 0.279. The van der Waals surface area contributed by atoms with Crippen molar-refractivity contribution in [2.45, 2.75) is 38.8 Å². The molecular weight excluding hydrogens is 240 g/mol. The molecular formula is C11H18N2O5. The van der Waals surface area contributed by atoms with E-state index in [4.69, 9.17) is 9.84 Å². The molecule has 0 unspecified atom stereocenters. The van der Waals surface area contributed by atoms with Gasteiger partial charge in [-0.05, 0) is 27.2 Å². The summed E-state index contributed by atoms with van der Waals surface area (Å²) in [6.45, 7) is 5.34. The first-order valence-electron chi connectivity index (χ1n) is 5.71. The number of ether oxygens (including phenoxy) is 1. The van der Waals surface area contributed by atoms with Crippen LogP contribution in [0.2, 0.25) is 0 Å². The molecule has 1 aliphatic heterocycles. The van der Waals surface area contributed by atoms with Gasteiger partial charge < -0.3 is 20.5 Å². The first kappa shape index (κ1) is 14.3. The highest BCUT2D eigenvalue weighted by molar-refractivity contribution is 5.91. The number of carboxylic acid groups (broad SMARTS) is 1. The standard InChI is InChI=1S/C11H18N2O5/c1-11(2,3)18-10(17)13-7-6(9(15)16)4-5-12-8(7)14/h6-7H,4-5H2,1-3H3,(H,12,14)(H,13,17)(H,15,16)/t6-,7+/m1/s1. The lowest BCUT2D eigenvalue weighted by atomic mass is 9.92. The van der Waals surface area contributed by atoms with Gasteiger partial charge >= 0.3 is 12.1 Å². The number of rotatable bonds is 2. The van der Waals surface area contributed by atoms with Gasteiger partial charge in [0.1, 0.15) is 11.6 Å². The van der Waals surface area contributed by atoms with Crippen molar-refractivity contribution in [1.82, 2.24) is 10.6 Å². The third-order valence-electron chi connectivity index (χ3n) is 2.43. The van der Waals surface area contributed by atoms with Gasteiger partial charge in [0.15, 0.2) is 0 Å². The summed E-state index contributed by atoms with van der Waals surface area (Å²) in [5, 5.41) is 13.8. The molecule has 2 atom stereocenters. The van der Waals surface area contributed by atoms with E-state index < -0.39 is 35.5 Å². The molecule has 1 fully saturated rings. The fourth-order valence-electron chi connectivity index (χ4n) is 1.68. The number of alkyl carbamates (subject to hydrolysis) is 1. The van der Waals surface area contributed by atoms with Crippen LogP contribution < -0.4 is 10.6 Å². The van der Waals surface area contributed by atoms with Crippen molar-refractivity contribution in [3.63, 3.8) is 0 Å². The number of amides is 2. The van der Waals surface area contributed by atoms with E-state index in [1.54, 1.807) is 20.8 Å². The molecule has 7 heteroatoms. The number of nitrogens with one attached hydrogen (secondary N) is 2. The van der Waals surface area contributed by atoms with Gasteiger partial charge in [0.2, 0.25) is 5.91 Å². The number of hydrogen-bond acceptors (Lipinski definition) is 4. The van der Waals surface area contributed by atoms with Crippen LogP contribution in [0.5, 0.6) is 0 Å². The van der Waals surface area contributed by atoms with Crippen molar-refractivity contribution < 1.29 is 24.2 Å². The second kappa shape index (κ2) is 5.24. The zero-order valence-corrected chi connectivity index (χ0v) is 10.6. The Morgan fingerprint density at radius 2 is 2.06 bits per heavy atom. The largest absolute Gasteiger partial charge is 0.481 e. The number of carbonyl (C=O) groups excluding carboxylic acids is 2. The molecule has 0 aliphatic carbocycles. The van der Waals surface area contributed by atoms with E-state index in [0.717, 1.165) is 0 Å². The summed E-state index contributed by atoms with van der Waals surface area (Å²) < 4.78 is 4.99. The van der Waals surface area contributed by atoms with Crippen LogP contribution in [0.4, 0.5) is 4.79 Å². The maximum Gasteiger partial charge on any atom is 0.408 e. The van der Waals surface area contributed by atoms with Crippen LogP contribution in [0.3, 0.4) is 0 Å². The third-order valence-corrected chi connectivity index (χ3v) is 2.43. The fourth-order valence-corrected chi connectivity index (χ4v) is 1.68. The van der Waals surface area contributed by atoms with Gasteiger partial charge in [-0.2, -0.15) is 0 Å². The lowest BCUT2D eigenvalue weighted by Gasteiger charge is -2.29. The molecule has 0 saturated carbocycles. The average Bonchev–Trinajstić information content (AvgIpc) is 2.17. The molecule has 0 aromatic carbocycles. The van der Waals surface area contributed by atoms with E-state index in [1.165, 1.54) is 0 Å². The van der Waals surface area contributed by atoms with Crippen LogP contribution in [0, 0.1) is 5.92 Å². The second-order valence-electron chi connectivity index (χ2n) is 5.15. The van der Waals surface area contributed by atoms with E-state index in [1.807, 2.05) is 0 Å². The molecule has 102 valence electrons. The first-order valence-corrected chi connectivity index (χ1v) is 5.71. The Kier molecular flexibility index (Phi) is 4.15. The summed E-state index contributed by atoms with van der Waals surface area (Å²) in [6, 6.07) is -1.09. The molecule has 7 nitrogen and oxygen atoms in total. The molecule has 0 aromatic rings. The minimum Gasteiger partial charge on any atom is -0.481 e. The Labute approximate surface area is 105 Å². The van der Waals surface area contributed by atoms with Gasteiger partial charge in [-0.1, -0.05) is 0 Å². The van der Waals surface area contributed by atoms with Crippen LogP contribution in [-0.2, 0) is 14.3 Å². The van der Waals surface area contributed by atoms with Crippen molar-refractivity contribution in [1.29, 1.82) is 0 Å². The molecule has 0 spiro atoms. The molecule has 3 N–H and O–H groups in total. The number of aliphatic carboxylic acids is 1. The molecule has 0 aromatic heterocycles. The van der Waals surface area contributed by atoms with Gasteiger partial charge in [0, 0.05) is 6.54 Å². The lowest BCUT2D eigenvalue weighted by molar-refractivity contribution is -0.147. The van der Waals surface area contributed by atoms with Crippen molar-refractivity contribution in [3.05, 3.63) is 0 Å². The van der Waals surface area contributed by atoms with E-state index in [2.05, 4.69) is 10.6 Å². The SMILES string of the molecule is CC(C)(C)OC(=O)N[C@@H]1C(=O)NCC[C@H]1C(=O)O. The normalized spacial score (nSPS) is 24.1. The van der Waals surface area contributed by atoms with E-state index in [0.29, 0.717) is 6.54 Å². The van der Waals surface area contributed by atoms with Crippen LogP contribution in [0.15, 0.2) is 0 Å². The minimum atomic E-state index is -1.11. The Hall–Kier alpha value is -1.79. The smallest absolute Gasteiger partial charge is 0.408 e. The van der Waals surface area contributed by atoms with Crippen molar-refractivity contribution in [2.75, 3.05) is 6.54 Å². The van der Waals surface area contributed by atoms with Crippen LogP contribution >= 0.6 is 0 Å². The number of piperidine rings is 1. The zero-order chi connectivity index (χ0) is 13.9. The predicted molar refractivity (Wildman–Crippen MR) is 61.9 cm³/mol. The topological polar surface area (TPSA) is 105 Å². The number of hydrogen-bond donors (Lipinski definition) is 3. The zero-order valence-electron chi connectivity index (χ0n) is 10.6. The van der Waals surface area contributed by atoms with Crippen molar-refractivity contribution in [3.8, 4) is 0 Å². The summed E-state index contributed by atoms with van der Waals surface area (Å²) in [5.41, 5.74) is -0.700. The summed E-state index contributed by atoms with van der Waals surface area (Å²) in [6.07, 6.45) is -0.516. The van der Waals surface area contributed by atoms with Gasteiger partial charge in [-0.25, -0.2) is 4.79 Å². The summed E-state index contributed by atoms with van der Waals surface area (Å²) >= 11 is 0. The lowest BCUT2D eigenvalue weighted by Crippen LogP contribution is -2.57. The highest BCUT2D eigenvalue weighted by atomic mass is 16.6. The van der Waals surface area contributed by atoms with Crippen molar-refractivity contribution in [2.24, 2.45) is 5.92 Å². The first-order chi connectivity index (χ1) is 8.20. The molecule has 1 saturated heterocycles. The van der Waals surface area contributed by atoms with E-state index in [-0.39, 0.29) is 6.42 Å². The monoisotopic (exact) mass is 258 g/mol. The number of carbonyl (C=O) groups is 3. The Morgan fingerprint density at radius 1 is 1.44 bits per heavy atom. The summed E-state index contributed by atoms with van der Waals surface area (Å²) in [5.74, 6) is -2.53. The summed E-state index contributed by atoms with van der Waals surface area (Å²) in [4.78, 5) is 34.1. The Morgan fingerprint density at radius 3 is 2.56 bits per heavy atom. The van der Waals surface area contributed by atoms with Crippen LogP contribution in [0.1, 0.15) is 27.2 Å². The highest BCUT2D eigenvalue weighted by Gasteiger charge is 2.38. The molecule has 0 radical (unpaired) electrons. The van der Waals surface area contributed by atoms with Crippen molar-refractivity contribution >= 4 is 18.0 Å². The highest BCUT2D eigenvalue weighted by Crippen LogP contribution is 2.15. The third kappa shape index (κ3) is 3.90. The fraction of sp³-hybridized carbons (Fsp3) is 0.727. The van der Waals surface area contributed by atoms with E-state index in [9.17, 15) is 14.4 Å². The molecule has 2 amide bonds. The predicted octanol–water partition coefficient (Wildman–Crippen LogP) is 0.100. The van der Waals surface area contributed by atoms with Crippen LogP contribution in [-0.4, -0.2) is 41.3 Å². The second-order valence-corrected chi connectivity index (χ2v) is 5.15. The number of carboxylic acids is 1. The maximum atomic E-state index is 11.6. The van der Waals surface area contributed by atoms with Gasteiger partial charge in [-0.3, -0.25) is 9.59 Å². The van der Waals surface area contributed by atoms with Gasteiger partial charge in [-0.15, -0.1) is 0 Å².